The van der Waals surface area contributed by atoms with Crippen molar-refractivity contribution in [1.29, 1.82) is 0 Å². The van der Waals surface area contributed by atoms with E-state index in [1.165, 1.54) is 16.5 Å². The number of amides is 1. The molecular formula is C26H28N4O4. The van der Waals surface area contributed by atoms with Gasteiger partial charge < -0.3 is 4.74 Å². The molecule has 0 spiro atoms. The summed E-state index contributed by atoms with van der Waals surface area (Å²) in [7, 11) is 0. The topological polar surface area (TPSA) is 96.7 Å². The highest BCUT2D eigenvalue weighted by molar-refractivity contribution is 5.81. The third kappa shape index (κ3) is 5.34. The van der Waals surface area contributed by atoms with Crippen molar-refractivity contribution in [3.05, 3.63) is 75.8 Å². The van der Waals surface area contributed by atoms with Crippen LogP contribution in [0.5, 0.6) is 0 Å². The summed E-state index contributed by atoms with van der Waals surface area (Å²) < 4.78 is 6.65. The van der Waals surface area contributed by atoms with Crippen LogP contribution in [0.2, 0.25) is 0 Å². The number of nitrogens with one attached hydrogen (secondary N) is 1. The number of carbonyl (C=O) groups is 1. The van der Waals surface area contributed by atoms with E-state index in [9.17, 15) is 9.59 Å². The Kier molecular flexibility index (Phi) is 7.38. The minimum atomic E-state index is -0.861. The lowest BCUT2D eigenvalue weighted by Gasteiger charge is -2.26. The van der Waals surface area contributed by atoms with Crippen LogP contribution in [0.25, 0.3) is 10.9 Å². The molecular weight excluding hydrogens is 432 g/mol. The number of hydrogen-bond donors (Lipinski definition) is 2. The molecule has 8 heteroatoms. The second-order valence-electron chi connectivity index (χ2n) is 8.69. The second-order valence-corrected chi connectivity index (χ2v) is 8.69. The fourth-order valence-corrected chi connectivity index (χ4v) is 4.08. The number of carbonyl (C=O) groups excluding carboxylic acids is 1. The van der Waals surface area contributed by atoms with E-state index < -0.39 is 11.9 Å². The molecule has 1 amide bonds. The van der Waals surface area contributed by atoms with Crippen LogP contribution in [0.3, 0.4) is 0 Å². The molecule has 0 aliphatic carbocycles. The van der Waals surface area contributed by atoms with Crippen LogP contribution < -0.4 is 11.0 Å². The predicted molar refractivity (Wildman–Crippen MR) is 128 cm³/mol. The fourth-order valence-electron chi connectivity index (χ4n) is 4.08. The molecule has 0 radical (unpaired) electrons. The van der Waals surface area contributed by atoms with E-state index >= 15 is 0 Å². The van der Waals surface area contributed by atoms with Crippen molar-refractivity contribution in [3.8, 4) is 11.8 Å². The van der Waals surface area contributed by atoms with E-state index in [2.05, 4.69) is 33.9 Å². The van der Waals surface area contributed by atoms with E-state index in [0.717, 1.165) is 44.0 Å². The Hall–Kier alpha value is -3.51. The van der Waals surface area contributed by atoms with Gasteiger partial charge >= 0.3 is 0 Å². The lowest BCUT2D eigenvalue weighted by molar-refractivity contribution is -0.134. The highest BCUT2D eigenvalue weighted by Gasteiger charge is 2.25. The smallest absolute Gasteiger partial charge is 0.266 e. The first kappa shape index (κ1) is 23.6. The van der Waals surface area contributed by atoms with Crippen LogP contribution in [-0.2, 0) is 16.1 Å². The van der Waals surface area contributed by atoms with Gasteiger partial charge in [-0.2, -0.15) is 0 Å². The highest BCUT2D eigenvalue weighted by atomic mass is 16.5. The summed E-state index contributed by atoms with van der Waals surface area (Å²) in [4.78, 5) is 31.8. The highest BCUT2D eigenvalue weighted by Crippen LogP contribution is 2.18. The molecule has 4 rings (SSSR count). The first-order chi connectivity index (χ1) is 16.5. The van der Waals surface area contributed by atoms with E-state index in [1.807, 2.05) is 12.1 Å². The third-order valence-corrected chi connectivity index (χ3v) is 5.91. The fraction of sp³-hybridized carbons (Fsp3) is 0.346. The minimum Gasteiger partial charge on any atom is -0.379 e. The summed E-state index contributed by atoms with van der Waals surface area (Å²) in [5.41, 5.74) is 4.68. The summed E-state index contributed by atoms with van der Waals surface area (Å²) in [6.45, 7) is 7.98. The molecule has 0 bridgehead atoms. The molecule has 176 valence electrons. The first-order valence-corrected chi connectivity index (χ1v) is 11.3. The summed E-state index contributed by atoms with van der Waals surface area (Å²) in [6, 6.07) is 12.6. The first-order valence-electron chi connectivity index (χ1n) is 11.3. The molecule has 1 atom stereocenters. The number of ether oxygens (including phenoxy) is 1. The summed E-state index contributed by atoms with van der Waals surface area (Å²) in [6.07, 6.45) is 1.34. The molecule has 3 aromatic rings. The van der Waals surface area contributed by atoms with Crippen LogP contribution >= 0.6 is 0 Å². The van der Waals surface area contributed by atoms with Gasteiger partial charge in [-0.25, -0.2) is 10.5 Å². The van der Waals surface area contributed by atoms with Crippen LogP contribution in [0.15, 0.2) is 53.6 Å². The van der Waals surface area contributed by atoms with Crippen molar-refractivity contribution in [1.82, 2.24) is 19.9 Å². The van der Waals surface area contributed by atoms with Crippen LogP contribution in [-0.4, -0.2) is 51.9 Å². The standard InChI is InChI=1S/C26H28N4O4/c1-18(2)24(25(31)28-33)30-17-27-23-15-20(9-10-22(23)26(30)32)6-3-19-4-7-21(8-5-19)16-29-11-13-34-14-12-29/h4-5,7-10,15,17-18,24,33H,11-14,16H2,1-2H3,(H,28,31). The molecule has 1 unspecified atom stereocenters. The predicted octanol–water partition coefficient (Wildman–Crippen LogP) is 2.33. The van der Waals surface area contributed by atoms with E-state index in [-0.39, 0.29) is 11.5 Å². The maximum atomic E-state index is 13.0. The average molecular weight is 461 g/mol. The monoisotopic (exact) mass is 460 g/mol. The maximum absolute atomic E-state index is 13.0. The van der Waals surface area contributed by atoms with Gasteiger partial charge in [0.2, 0.25) is 0 Å². The molecule has 1 aliphatic rings. The third-order valence-electron chi connectivity index (χ3n) is 5.91. The van der Waals surface area contributed by atoms with Gasteiger partial charge in [-0.1, -0.05) is 37.8 Å². The van der Waals surface area contributed by atoms with Gasteiger partial charge in [-0.05, 0) is 41.8 Å². The number of aromatic nitrogens is 2. The zero-order chi connectivity index (χ0) is 24.1. The Bertz CT molecular complexity index is 1280. The molecule has 2 N–H and O–H groups in total. The van der Waals surface area contributed by atoms with Crippen molar-refractivity contribution in [3.63, 3.8) is 0 Å². The molecule has 0 saturated carbocycles. The minimum absolute atomic E-state index is 0.213. The van der Waals surface area contributed by atoms with Crippen molar-refractivity contribution in [2.24, 2.45) is 5.92 Å². The number of benzene rings is 2. The average Bonchev–Trinajstić information content (AvgIpc) is 2.85. The largest absolute Gasteiger partial charge is 0.379 e. The molecule has 1 aromatic heterocycles. The Labute approximate surface area is 198 Å². The Morgan fingerprint density at radius 3 is 2.47 bits per heavy atom. The number of morpholine rings is 1. The Morgan fingerprint density at radius 1 is 1.12 bits per heavy atom. The van der Waals surface area contributed by atoms with Gasteiger partial charge in [0.05, 0.1) is 30.4 Å². The van der Waals surface area contributed by atoms with E-state index in [0.29, 0.717) is 10.9 Å². The molecule has 1 fully saturated rings. The Balaban J connectivity index is 1.53. The summed E-state index contributed by atoms with van der Waals surface area (Å²) in [5, 5.41) is 9.43. The molecule has 2 aromatic carbocycles. The van der Waals surface area contributed by atoms with E-state index in [4.69, 9.17) is 9.94 Å². The van der Waals surface area contributed by atoms with Gasteiger partial charge in [-0.3, -0.25) is 24.3 Å². The lowest BCUT2D eigenvalue weighted by Crippen LogP contribution is -2.38. The SMILES string of the molecule is CC(C)C(C(=O)NO)n1cnc2cc(C#Cc3ccc(CN4CCOCC4)cc3)ccc2c1=O. The zero-order valence-electron chi connectivity index (χ0n) is 19.3. The molecule has 1 aliphatic heterocycles. The van der Waals surface area contributed by atoms with Gasteiger partial charge in [0.15, 0.2) is 0 Å². The van der Waals surface area contributed by atoms with Gasteiger partial charge in [-0.15, -0.1) is 0 Å². The van der Waals surface area contributed by atoms with Crippen LogP contribution in [0.4, 0.5) is 0 Å². The quantitative estimate of drug-likeness (QED) is 0.345. The molecule has 1 saturated heterocycles. The number of hydroxylamine groups is 1. The number of hydrogen-bond acceptors (Lipinski definition) is 6. The lowest BCUT2D eigenvalue weighted by atomic mass is 10.0. The normalized spacial score (nSPS) is 15.1. The van der Waals surface area contributed by atoms with Crippen molar-refractivity contribution >= 4 is 16.8 Å². The summed E-state index contributed by atoms with van der Waals surface area (Å²) in [5.74, 6) is 5.43. The van der Waals surface area contributed by atoms with Crippen molar-refractivity contribution < 1.29 is 14.7 Å². The molecule has 2 heterocycles. The van der Waals surface area contributed by atoms with E-state index in [1.54, 1.807) is 37.5 Å². The number of nitrogens with zero attached hydrogens (tertiary/aromatic N) is 3. The number of fused-ring (bicyclic) bond motifs is 1. The zero-order valence-corrected chi connectivity index (χ0v) is 19.3. The summed E-state index contributed by atoms with van der Waals surface area (Å²) >= 11 is 0. The Morgan fingerprint density at radius 2 is 1.79 bits per heavy atom. The van der Waals surface area contributed by atoms with Gasteiger partial charge in [0.25, 0.3) is 11.5 Å². The second kappa shape index (κ2) is 10.6. The van der Waals surface area contributed by atoms with Gasteiger partial charge in [0, 0.05) is 30.8 Å². The number of rotatable bonds is 5. The molecule has 8 nitrogen and oxygen atoms in total. The van der Waals surface area contributed by atoms with Gasteiger partial charge in [0.1, 0.15) is 6.04 Å². The van der Waals surface area contributed by atoms with Crippen molar-refractivity contribution in [2.75, 3.05) is 26.3 Å². The van der Waals surface area contributed by atoms with Crippen LogP contribution in [0, 0.1) is 17.8 Å². The van der Waals surface area contributed by atoms with Crippen molar-refractivity contribution in [2.45, 2.75) is 26.4 Å². The van der Waals surface area contributed by atoms with Crippen LogP contribution in [0.1, 0.15) is 36.6 Å². The maximum Gasteiger partial charge on any atom is 0.266 e. The molecule has 34 heavy (non-hydrogen) atoms.